The number of carbonyl (C=O) groups excluding carboxylic acids is 1. The summed E-state index contributed by atoms with van der Waals surface area (Å²) in [5, 5.41) is 3.48. The van der Waals surface area contributed by atoms with Gasteiger partial charge in [-0.05, 0) is 72.0 Å². The van der Waals surface area contributed by atoms with Gasteiger partial charge in [0.05, 0.1) is 0 Å². The summed E-state index contributed by atoms with van der Waals surface area (Å²) in [4.78, 5) is 14.5. The Morgan fingerprint density at radius 1 is 1.43 bits per heavy atom. The number of hydrogen-bond donors (Lipinski definition) is 2. The normalized spacial score (nSPS) is 26.5. The summed E-state index contributed by atoms with van der Waals surface area (Å²) in [6.45, 7) is 10.8. The first-order valence-corrected chi connectivity index (χ1v) is 8.56. The number of hydrogen-bond acceptors (Lipinski definition) is 3. The van der Waals surface area contributed by atoms with Crippen LogP contribution in [-0.4, -0.2) is 42.0 Å². The van der Waals surface area contributed by atoms with Crippen LogP contribution in [0.4, 0.5) is 0 Å². The molecule has 4 nitrogen and oxygen atoms in total. The summed E-state index contributed by atoms with van der Waals surface area (Å²) < 4.78 is 0. The predicted octanol–water partition coefficient (Wildman–Crippen LogP) is 2.52. The first-order chi connectivity index (χ1) is 9.80. The van der Waals surface area contributed by atoms with Crippen LogP contribution in [0.1, 0.15) is 66.2 Å². The van der Waals surface area contributed by atoms with Crippen molar-refractivity contribution in [2.75, 3.05) is 20.1 Å². The van der Waals surface area contributed by atoms with E-state index >= 15 is 0 Å². The van der Waals surface area contributed by atoms with Gasteiger partial charge in [-0.1, -0.05) is 20.3 Å². The lowest BCUT2D eigenvalue weighted by Crippen LogP contribution is -2.58. The maximum absolute atomic E-state index is 12.1. The summed E-state index contributed by atoms with van der Waals surface area (Å²) in [6.07, 6.45) is 6.31. The fourth-order valence-corrected chi connectivity index (χ4v) is 3.38. The van der Waals surface area contributed by atoms with Gasteiger partial charge in [0.25, 0.3) is 0 Å². The van der Waals surface area contributed by atoms with E-state index in [2.05, 4.69) is 45.0 Å². The van der Waals surface area contributed by atoms with Gasteiger partial charge in [0.1, 0.15) is 5.54 Å². The van der Waals surface area contributed by atoms with Crippen molar-refractivity contribution in [2.24, 2.45) is 11.7 Å². The first-order valence-electron chi connectivity index (χ1n) is 8.56. The Labute approximate surface area is 130 Å². The summed E-state index contributed by atoms with van der Waals surface area (Å²) in [7, 11) is 2.18. The van der Waals surface area contributed by atoms with Gasteiger partial charge in [-0.2, -0.15) is 0 Å². The Hall–Kier alpha value is -0.610. The largest absolute Gasteiger partial charge is 0.368 e. The summed E-state index contributed by atoms with van der Waals surface area (Å²) in [6, 6.07) is 0. The quantitative estimate of drug-likeness (QED) is 0.687. The van der Waals surface area contributed by atoms with Crippen LogP contribution in [0.25, 0.3) is 0 Å². The van der Waals surface area contributed by atoms with E-state index in [1.165, 1.54) is 0 Å². The molecule has 1 fully saturated rings. The SMILES string of the molecule is CCCNC1(C(N)=O)CCCC1CCN(C)C(C)(C)CC. The molecule has 124 valence electrons. The van der Waals surface area contributed by atoms with Crippen LogP contribution in [0.3, 0.4) is 0 Å². The van der Waals surface area contributed by atoms with Gasteiger partial charge in [-0.25, -0.2) is 0 Å². The molecule has 1 saturated carbocycles. The molecule has 4 heteroatoms. The van der Waals surface area contributed by atoms with Crippen LogP contribution < -0.4 is 11.1 Å². The molecule has 0 spiro atoms. The summed E-state index contributed by atoms with van der Waals surface area (Å²) >= 11 is 0. The second kappa shape index (κ2) is 7.59. The van der Waals surface area contributed by atoms with Gasteiger partial charge in [-0.3, -0.25) is 4.79 Å². The molecule has 0 aromatic rings. The number of nitrogens with two attached hydrogens (primary N) is 1. The number of carbonyl (C=O) groups is 1. The molecule has 0 saturated heterocycles. The molecule has 1 amide bonds. The minimum absolute atomic E-state index is 0.157. The highest BCUT2D eigenvalue weighted by molar-refractivity contribution is 5.85. The topological polar surface area (TPSA) is 58.4 Å². The van der Waals surface area contributed by atoms with Crippen molar-refractivity contribution < 1.29 is 4.79 Å². The fraction of sp³-hybridized carbons (Fsp3) is 0.941. The second-order valence-electron chi connectivity index (χ2n) is 7.23. The Morgan fingerprint density at radius 2 is 2.10 bits per heavy atom. The zero-order valence-corrected chi connectivity index (χ0v) is 14.7. The predicted molar refractivity (Wildman–Crippen MR) is 89.2 cm³/mol. The fourth-order valence-electron chi connectivity index (χ4n) is 3.38. The smallest absolute Gasteiger partial charge is 0.238 e. The van der Waals surface area contributed by atoms with Crippen molar-refractivity contribution in [2.45, 2.75) is 77.3 Å². The Balaban J connectivity index is 2.69. The van der Waals surface area contributed by atoms with Gasteiger partial charge in [0.2, 0.25) is 5.91 Å². The third-order valence-corrected chi connectivity index (χ3v) is 5.66. The van der Waals surface area contributed by atoms with Gasteiger partial charge in [0.15, 0.2) is 0 Å². The number of amides is 1. The lowest BCUT2D eigenvalue weighted by molar-refractivity contribution is -0.126. The third-order valence-electron chi connectivity index (χ3n) is 5.66. The second-order valence-corrected chi connectivity index (χ2v) is 7.23. The van der Waals surface area contributed by atoms with Crippen molar-refractivity contribution >= 4 is 5.91 Å². The lowest BCUT2D eigenvalue weighted by Gasteiger charge is -2.38. The zero-order valence-electron chi connectivity index (χ0n) is 14.7. The molecule has 3 N–H and O–H groups in total. The highest BCUT2D eigenvalue weighted by atomic mass is 16.1. The van der Waals surface area contributed by atoms with E-state index in [4.69, 9.17) is 5.73 Å². The van der Waals surface area contributed by atoms with E-state index in [1.807, 2.05) is 0 Å². The lowest BCUT2D eigenvalue weighted by atomic mass is 9.83. The van der Waals surface area contributed by atoms with E-state index in [-0.39, 0.29) is 11.4 Å². The number of rotatable bonds is 9. The molecule has 0 aromatic carbocycles. The molecule has 0 aromatic heterocycles. The van der Waals surface area contributed by atoms with Crippen LogP contribution in [0.2, 0.25) is 0 Å². The molecule has 21 heavy (non-hydrogen) atoms. The molecule has 0 bridgehead atoms. The molecular weight excluding hydrogens is 262 g/mol. The van der Waals surface area contributed by atoms with Crippen molar-refractivity contribution in [1.82, 2.24) is 10.2 Å². The van der Waals surface area contributed by atoms with E-state index in [9.17, 15) is 4.79 Å². The van der Waals surface area contributed by atoms with E-state index < -0.39 is 5.54 Å². The number of nitrogens with one attached hydrogen (secondary N) is 1. The van der Waals surface area contributed by atoms with Crippen LogP contribution in [0.5, 0.6) is 0 Å². The van der Waals surface area contributed by atoms with Crippen molar-refractivity contribution in [3.8, 4) is 0 Å². The summed E-state index contributed by atoms with van der Waals surface area (Å²) in [5.41, 5.74) is 5.52. The maximum Gasteiger partial charge on any atom is 0.238 e. The zero-order chi connectivity index (χ0) is 16.1. The van der Waals surface area contributed by atoms with Gasteiger partial charge in [0, 0.05) is 5.54 Å². The Bertz CT molecular complexity index is 343. The highest BCUT2D eigenvalue weighted by Crippen LogP contribution is 2.38. The number of primary amides is 1. The average molecular weight is 297 g/mol. The van der Waals surface area contributed by atoms with Crippen LogP contribution in [-0.2, 0) is 4.79 Å². The van der Waals surface area contributed by atoms with Crippen LogP contribution in [0, 0.1) is 5.92 Å². The first kappa shape index (κ1) is 18.4. The highest BCUT2D eigenvalue weighted by Gasteiger charge is 2.47. The van der Waals surface area contributed by atoms with E-state index in [0.717, 1.165) is 51.6 Å². The molecule has 0 heterocycles. The summed E-state index contributed by atoms with van der Waals surface area (Å²) in [5.74, 6) is 0.215. The molecule has 2 atom stereocenters. The molecule has 1 aliphatic carbocycles. The Kier molecular flexibility index (Phi) is 6.67. The van der Waals surface area contributed by atoms with E-state index in [0.29, 0.717) is 5.92 Å². The number of nitrogens with zero attached hydrogens (tertiary/aromatic N) is 1. The molecule has 1 rings (SSSR count). The van der Waals surface area contributed by atoms with Crippen LogP contribution in [0.15, 0.2) is 0 Å². The Morgan fingerprint density at radius 3 is 2.62 bits per heavy atom. The van der Waals surface area contributed by atoms with E-state index in [1.54, 1.807) is 0 Å². The molecular formula is C17H35N3O. The molecule has 0 radical (unpaired) electrons. The van der Waals surface area contributed by atoms with Gasteiger partial charge >= 0.3 is 0 Å². The third kappa shape index (κ3) is 4.19. The van der Waals surface area contributed by atoms with Crippen molar-refractivity contribution in [3.63, 3.8) is 0 Å². The van der Waals surface area contributed by atoms with Crippen molar-refractivity contribution in [3.05, 3.63) is 0 Å². The molecule has 0 aliphatic heterocycles. The molecule has 2 unspecified atom stereocenters. The van der Waals surface area contributed by atoms with Crippen molar-refractivity contribution in [1.29, 1.82) is 0 Å². The monoisotopic (exact) mass is 297 g/mol. The van der Waals surface area contributed by atoms with Gasteiger partial charge in [-0.15, -0.1) is 0 Å². The standard InChI is InChI=1S/C17H35N3O/c1-6-12-19-17(15(18)21)11-8-9-14(17)10-13-20(5)16(3,4)7-2/h14,19H,6-13H2,1-5H3,(H2,18,21). The maximum atomic E-state index is 12.1. The molecule has 1 aliphatic rings. The average Bonchev–Trinajstić information content (AvgIpc) is 2.86. The minimum Gasteiger partial charge on any atom is -0.368 e. The van der Waals surface area contributed by atoms with Crippen LogP contribution >= 0.6 is 0 Å². The minimum atomic E-state index is -0.465. The van der Waals surface area contributed by atoms with Gasteiger partial charge < -0.3 is 16.0 Å².